The summed E-state index contributed by atoms with van der Waals surface area (Å²) in [6.07, 6.45) is -2.55. The van der Waals surface area contributed by atoms with E-state index in [4.69, 9.17) is 10.00 Å². The van der Waals surface area contributed by atoms with Crippen LogP contribution in [0, 0.1) is 11.3 Å². The molecule has 1 fully saturated rings. The molecule has 0 unspecified atom stereocenters. The number of alkyl halides is 3. The molecule has 0 radical (unpaired) electrons. The fourth-order valence-electron chi connectivity index (χ4n) is 2.30. The van der Waals surface area contributed by atoms with Gasteiger partial charge in [-0.15, -0.1) is 0 Å². The lowest BCUT2D eigenvalue weighted by atomic mass is 10.1. The van der Waals surface area contributed by atoms with Crippen LogP contribution in [0.4, 0.5) is 18.9 Å². The summed E-state index contributed by atoms with van der Waals surface area (Å²) in [4.78, 5) is 1.73. The Kier molecular flexibility index (Phi) is 4.19. The Morgan fingerprint density at radius 3 is 2.75 bits per heavy atom. The number of likely N-dealkylation sites (N-methyl/N-ethyl adjacent to an activating group) is 1. The largest absolute Gasteiger partial charge is 0.417 e. The lowest BCUT2D eigenvalue weighted by Gasteiger charge is -2.23. The average Bonchev–Trinajstić information content (AvgIpc) is 2.89. The van der Waals surface area contributed by atoms with E-state index in [1.165, 1.54) is 12.1 Å². The van der Waals surface area contributed by atoms with Crippen molar-refractivity contribution >= 4 is 5.69 Å². The Bertz CT molecular complexity index is 516. The number of benzene rings is 1. The van der Waals surface area contributed by atoms with Gasteiger partial charge in [-0.3, -0.25) is 0 Å². The highest BCUT2D eigenvalue weighted by Crippen LogP contribution is 2.34. The number of hydrogen-bond donors (Lipinski definition) is 0. The van der Waals surface area contributed by atoms with Crippen molar-refractivity contribution in [3.63, 3.8) is 0 Å². The quantitative estimate of drug-likeness (QED) is 0.855. The summed E-state index contributed by atoms with van der Waals surface area (Å²) in [5.74, 6) is 0. The van der Waals surface area contributed by atoms with Crippen LogP contribution in [0.2, 0.25) is 0 Å². The van der Waals surface area contributed by atoms with Crippen molar-refractivity contribution in [1.82, 2.24) is 0 Å². The number of halogens is 3. The molecule has 20 heavy (non-hydrogen) atoms. The Morgan fingerprint density at radius 2 is 2.20 bits per heavy atom. The van der Waals surface area contributed by atoms with Gasteiger partial charge in [-0.1, -0.05) is 0 Å². The van der Waals surface area contributed by atoms with Crippen LogP contribution in [-0.2, 0) is 10.9 Å². The first-order valence-electron chi connectivity index (χ1n) is 6.36. The lowest BCUT2D eigenvalue weighted by molar-refractivity contribution is -0.137. The Labute approximate surface area is 115 Å². The van der Waals surface area contributed by atoms with Gasteiger partial charge in [0, 0.05) is 25.9 Å². The number of nitrogens with zero attached hydrogens (tertiary/aromatic N) is 2. The van der Waals surface area contributed by atoms with Gasteiger partial charge in [-0.05, 0) is 31.0 Å². The second-order valence-corrected chi connectivity index (χ2v) is 4.85. The van der Waals surface area contributed by atoms with Crippen LogP contribution in [0.3, 0.4) is 0 Å². The third-order valence-electron chi connectivity index (χ3n) is 3.37. The number of rotatable bonds is 3. The van der Waals surface area contributed by atoms with E-state index in [0.29, 0.717) is 18.8 Å². The maximum Gasteiger partial charge on any atom is 0.417 e. The minimum Gasteiger partial charge on any atom is -0.376 e. The molecule has 1 heterocycles. The molecule has 0 amide bonds. The van der Waals surface area contributed by atoms with Gasteiger partial charge in [-0.2, -0.15) is 18.4 Å². The van der Waals surface area contributed by atoms with Gasteiger partial charge < -0.3 is 9.64 Å². The smallest absolute Gasteiger partial charge is 0.376 e. The molecule has 1 aromatic rings. The van der Waals surface area contributed by atoms with Crippen molar-refractivity contribution < 1.29 is 17.9 Å². The molecule has 1 saturated heterocycles. The molecule has 0 N–H and O–H groups in total. The predicted octanol–water partition coefficient (Wildman–Crippen LogP) is 3.19. The SMILES string of the molecule is CN(C[C@@H]1CCCO1)c1ccc(C#N)c(C(F)(F)F)c1. The molecule has 1 aromatic carbocycles. The third-order valence-corrected chi connectivity index (χ3v) is 3.37. The third kappa shape index (κ3) is 3.23. The Morgan fingerprint density at radius 1 is 1.45 bits per heavy atom. The summed E-state index contributed by atoms with van der Waals surface area (Å²) < 4.78 is 44.1. The molecule has 3 nitrogen and oxygen atoms in total. The summed E-state index contributed by atoms with van der Waals surface area (Å²) >= 11 is 0. The second-order valence-electron chi connectivity index (χ2n) is 4.85. The zero-order valence-electron chi connectivity index (χ0n) is 11.1. The van der Waals surface area contributed by atoms with Gasteiger partial charge in [0.1, 0.15) is 0 Å². The van der Waals surface area contributed by atoms with Gasteiger partial charge in [0.25, 0.3) is 0 Å². The van der Waals surface area contributed by atoms with E-state index < -0.39 is 11.7 Å². The fourth-order valence-corrected chi connectivity index (χ4v) is 2.30. The maximum absolute atomic E-state index is 12.9. The fraction of sp³-hybridized carbons (Fsp3) is 0.500. The van der Waals surface area contributed by atoms with Crippen molar-refractivity contribution in [2.75, 3.05) is 25.1 Å². The Balaban J connectivity index is 2.22. The molecule has 108 valence electrons. The highest BCUT2D eigenvalue weighted by Gasteiger charge is 2.34. The van der Waals surface area contributed by atoms with Crippen LogP contribution in [0.15, 0.2) is 18.2 Å². The number of anilines is 1. The average molecular weight is 284 g/mol. The van der Waals surface area contributed by atoms with Crippen LogP contribution >= 0.6 is 0 Å². The van der Waals surface area contributed by atoms with Gasteiger partial charge in [0.05, 0.1) is 23.3 Å². The molecule has 0 saturated carbocycles. The van der Waals surface area contributed by atoms with Crippen molar-refractivity contribution in [1.29, 1.82) is 5.26 Å². The van der Waals surface area contributed by atoms with E-state index >= 15 is 0 Å². The standard InChI is InChI=1S/C14H15F3N2O/c1-19(9-12-3-2-6-20-12)11-5-4-10(8-18)13(7-11)14(15,16)17/h4-5,7,12H,2-3,6,9H2,1H3/t12-/m0/s1. The topological polar surface area (TPSA) is 36.3 Å². The molecule has 1 atom stereocenters. The molecule has 0 spiro atoms. The minimum absolute atomic E-state index is 0.0602. The van der Waals surface area contributed by atoms with Crippen LogP contribution in [0.25, 0.3) is 0 Å². The molecule has 0 aromatic heterocycles. The molecule has 1 aliphatic rings. The van der Waals surface area contributed by atoms with Crippen LogP contribution in [-0.4, -0.2) is 26.3 Å². The summed E-state index contributed by atoms with van der Waals surface area (Å²) in [5, 5.41) is 8.76. The molecule has 0 bridgehead atoms. The summed E-state index contributed by atoms with van der Waals surface area (Å²) in [6, 6.07) is 5.34. The van der Waals surface area contributed by atoms with Gasteiger partial charge in [0.2, 0.25) is 0 Å². The number of hydrogen-bond acceptors (Lipinski definition) is 3. The zero-order valence-corrected chi connectivity index (χ0v) is 11.1. The highest BCUT2D eigenvalue weighted by molar-refractivity contribution is 5.54. The molecule has 2 rings (SSSR count). The zero-order chi connectivity index (χ0) is 14.8. The highest BCUT2D eigenvalue weighted by atomic mass is 19.4. The van der Waals surface area contributed by atoms with E-state index in [1.807, 2.05) is 0 Å². The molecule has 6 heteroatoms. The minimum atomic E-state index is -4.52. The molecule has 0 aliphatic carbocycles. The number of nitriles is 1. The number of ether oxygens (including phenoxy) is 1. The summed E-state index contributed by atoms with van der Waals surface area (Å²) in [6.45, 7) is 1.25. The lowest BCUT2D eigenvalue weighted by Crippen LogP contribution is -2.28. The summed E-state index contributed by atoms with van der Waals surface area (Å²) in [5.41, 5.74) is -0.810. The van der Waals surface area contributed by atoms with Crippen molar-refractivity contribution in [2.24, 2.45) is 0 Å². The normalized spacial score (nSPS) is 18.9. The summed E-state index contributed by atoms with van der Waals surface area (Å²) in [7, 11) is 1.73. The first-order chi connectivity index (χ1) is 9.41. The molecule has 1 aliphatic heterocycles. The maximum atomic E-state index is 12.9. The van der Waals surface area contributed by atoms with Gasteiger partial charge >= 0.3 is 6.18 Å². The predicted molar refractivity (Wildman–Crippen MR) is 68.4 cm³/mol. The Hall–Kier alpha value is -1.74. The van der Waals surface area contributed by atoms with E-state index in [9.17, 15) is 13.2 Å². The monoisotopic (exact) mass is 284 g/mol. The van der Waals surface area contributed by atoms with Crippen LogP contribution in [0.5, 0.6) is 0 Å². The molecular weight excluding hydrogens is 269 g/mol. The van der Waals surface area contributed by atoms with Crippen LogP contribution < -0.4 is 4.90 Å². The second kappa shape index (κ2) is 5.71. The van der Waals surface area contributed by atoms with Crippen molar-refractivity contribution in [3.8, 4) is 6.07 Å². The van der Waals surface area contributed by atoms with E-state index in [-0.39, 0.29) is 11.7 Å². The van der Waals surface area contributed by atoms with Crippen LogP contribution in [0.1, 0.15) is 24.0 Å². The van der Waals surface area contributed by atoms with Crippen molar-refractivity contribution in [3.05, 3.63) is 29.3 Å². The van der Waals surface area contributed by atoms with E-state index in [2.05, 4.69) is 0 Å². The van der Waals surface area contributed by atoms with Gasteiger partial charge in [-0.25, -0.2) is 0 Å². The molecular formula is C14H15F3N2O. The van der Waals surface area contributed by atoms with E-state index in [0.717, 1.165) is 18.9 Å². The van der Waals surface area contributed by atoms with E-state index in [1.54, 1.807) is 18.0 Å². The first kappa shape index (κ1) is 14.7. The van der Waals surface area contributed by atoms with Gasteiger partial charge in [0.15, 0.2) is 0 Å². The first-order valence-corrected chi connectivity index (χ1v) is 6.36. The van der Waals surface area contributed by atoms with Crippen molar-refractivity contribution in [2.45, 2.75) is 25.1 Å².